The Bertz CT molecular complexity index is 1890. The Morgan fingerprint density at radius 1 is 0.838 bits per heavy atom. The maximum Gasteiger partial charge on any atom is 0.344 e. The molecule has 2 heterocycles. The van der Waals surface area contributed by atoms with Crippen LogP contribution in [0.2, 0.25) is 5.02 Å². The molecule has 4 aromatic carbocycles. The predicted octanol–water partition coefficient (Wildman–Crippen LogP) is 7.94. The van der Waals surface area contributed by atoms with Crippen LogP contribution in [0.15, 0.2) is 109 Å². The van der Waals surface area contributed by atoms with E-state index in [9.17, 15) is 9.59 Å². The first-order valence-electron chi connectivity index (χ1n) is 11.3. The SMILES string of the molecule is O=C(Nc1ccc2oc(-c3cc(Br)ccc3Cl)nc2c1)c1cccc(-c2cc3ccccc3oc2=O)c1. The van der Waals surface area contributed by atoms with Crippen molar-refractivity contribution in [1.29, 1.82) is 0 Å². The van der Waals surface area contributed by atoms with Gasteiger partial charge in [-0.05, 0) is 66.2 Å². The lowest BCUT2D eigenvalue weighted by molar-refractivity contribution is 0.102. The topological polar surface area (TPSA) is 85.3 Å². The van der Waals surface area contributed by atoms with Gasteiger partial charge in [-0.3, -0.25) is 4.79 Å². The fourth-order valence-corrected chi connectivity index (χ4v) is 4.64. The second-order valence-electron chi connectivity index (χ2n) is 8.35. The third-order valence-electron chi connectivity index (χ3n) is 5.88. The Hall–Kier alpha value is -4.20. The number of fused-ring (bicyclic) bond motifs is 2. The van der Waals surface area contributed by atoms with Crippen molar-refractivity contribution >= 4 is 61.2 Å². The molecule has 1 amide bonds. The van der Waals surface area contributed by atoms with E-state index in [4.69, 9.17) is 20.4 Å². The average molecular weight is 572 g/mol. The normalized spacial score (nSPS) is 11.2. The van der Waals surface area contributed by atoms with Gasteiger partial charge in [-0.15, -0.1) is 0 Å². The van der Waals surface area contributed by atoms with E-state index in [1.807, 2.05) is 30.3 Å². The second-order valence-corrected chi connectivity index (χ2v) is 9.67. The molecule has 0 aliphatic heterocycles. The number of halogens is 2. The first kappa shape index (κ1) is 23.2. The van der Waals surface area contributed by atoms with Crippen LogP contribution in [-0.4, -0.2) is 10.9 Å². The van der Waals surface area contributed by atoms with Gasteiger partial charge in [0.15, 0.2) is 5.58 Å². The van der Waals surface area contributed by atoms with E-state index < -0.39 is 5.63 Å². The molecule has 0 saturated heterocycles. The van der Waals surface area contributed by atoms with Crippen LogP contribution in [0.5, 0.6) is 0 Å². The number of nitrogens with one attached hydrogen (secondary N) is 1. The first-order valence-corrected chi connectivity index (χ1v) is 12.4. The van der Waals surface area contributed by atoms with Crippen LogP contribution in [0.4, 0.5) is 5.69 Å². The molecule has 0 fully saturated rings. The predicted molar refractivity (Wildman–Crippen MR) is 148 cm³/mol. The zero-order chi connectivity index (χ0) is 25.5. The molecule has 0 radical (unpaired) electrons. The monoisotopic (exact) mass is 570 g/mol. The number of amides is 1. The summed E-state index contributed by atoms with van der Waals surface area (Å²) in [5, 5.41) is 4.21. The third kappa shape index (κ3) is 4.55. The fourth-order valence-electron chi connectivity index (χ4n) is 4.08. The molecule has 0 bridgehead atoms. The summed E-state index contributed by atoms with van der Waals surface area (Å²) in [6, 6.07) is 26.6. The third-order valence-corrected chi connectivity index (χ3v) is 6.70. The molecule has 0 saturated carbocycles. The lowest BCUT2D eigenvalue weighted by Gasteiger charge is -2.07. The molecule has 6 aromatic rings. The molecule has 37 heavy (non-hydrogen) atoms. The largest absolute Gasteiger partial charge is 0.436 e. The molecule has 180 valence electrons. The van der Waals surface area contributed by atoms with Gasteiger partial charge in [0.25, 0.3) is 5.91 Å². The van der Waals surface area contributed by atoms with Gasteiger partial charge in [0.2, 0.25) is 5.89 Å². The highest BCUT2D eigenvalue weighted by atomic mass is 79.9. The van der Waals surface area contributed by atoms with Crippen LogP contribution < -0.4 is 10.9 Å². The van der Waals surface area contributed by atoms with E-state index in [0.717, 1.165) is 9.86 Å². The van der Waals surface area contributed by atoms with Gasteiger partial charge in [-0.25, -0.2) is 9.78 Å². The molecule has 0 aliphatic carbocycles. The fraction of sp³-hybridized carbons (Fsp3) is 0. The second kappa shape index (κ2) is 9.35. The van der Waals surface area contributed by atoms with Crippen LogP contribution in [-0.2, 0) is 0 Å². The number of hydrogen-bond acceptors (Lipinski definition) is 5. The van der Waals surface area contributed by atoms with Gasteiger partial charge in [0.1, 0.15) is 11.1 Å². The van der Waals surface area contributed by atoms with Crippen molar-refractivity contribution in [2.45, 2.75) is 0 Å². The molecule has 6 rings (SSSR count). The van der Waals surface area contributed by atoms with Crippen LogP contribution in [0, 0.1) is 0 Å². The number of carbonyl (C=O) groups excluding carboxylic acids is 1. The van der Waals surface area contributed by atoms with Crippen LogP contribution in [0.25, 0.3) is 44.7 Å². The summed E-state index contributed by atoms with van der Waals surface area (Å²) in [5.74, 6) is 0.0526. The number of benzene rings is 4. The number of hydrogen-bond donors (Lipinski definition) is 1. The number of aromatic nitrogens is 1. The standard InChI is InChI=1S/C29H16BrClN2O4/c30-19-8-10-23(31)22(14-19)28-33-24-15-20(9-11-26(24)36-28)32-27(34)18-6-3-5-16(12-18)21-13-17-4-1-2-7-25(17)37-29(21)35/h1-15H,(H,32,34). The average Bonchev–Trinajstić information content (AvgIpc) is 3.33. The van der Waals surface area contributed by atoms with Crippen molar-refractivity contribution in [1.82, 2.24) is 4.98 Å². The van der Waals surface area contributed by atoms with Crippen molar-refractivity contribution in [3.8, 4) is 22.6 Å². The Balaban J connectivity index is 1.28. The summed E-state index contributed by atoms with van der Waals surface area (Å²) < 4.78 is 12.2. The lowest BCUT2D eigenvalue weighted by atomic mass is 10.0. The zero-order valence-electron chi connectivity index (χ0n) is 19.0. The van der Waals surface area contributed by atoms with Crippen molar-refractivity contribution in [3.05, 3.63) is 116 Å². The maximum absolute atomic E-state index is 13.1. The number of nitrogens with zero attached hydrogens (tertiary/aromatic N) is 1. The molecule has 0 unspecified atom stereocenters. The van der Waals surface area contributed by atoms with Crippen molar-refractivity contribution in [3.63, 3.8) is 0 Å². The minimum atomic E-state index is -0.464. The molecule has 6 nitrogen and oxygen atoms in total. The summed E-state index contributed by atoms with van der Waals surface area (Å²) in [5.41, 5.74) is 3.77. The van der Waals surface area contributed by atoms with Gasteiger partial charge in [0.05, 0.1) is 16.1 Å². The van der Waals surface area contributed by atoms with Gasteiger partial charge in [-0.1, -0.05) is 57.9 Å². The van der Waals surface area contributed by atoms with Crippen LogP contribution in [0.3, 0.4) is 0 Å². The number of anilines is 1. The van der Waals surface area contributed by atoms with E-state index in [-0.39, 0.29) is 5.91 Å². The zero-order valence-corrected chi connectivity index (χ0v) is 21.3. The molecular formula is C29H16BrClN2O4. The lowest BCUT2D eigenvalue weighted by Crippen LogP contribution is -2.12. The first-order chi connectivity index (χ1) is 17.9. The number of para-hydroxylation sites is 1. The van der Waals surface area contributed by atoms with Crippen LogP contribution in [0.1, 0.15) is 10.4 Å². The van der Waals surface area contributed by atoms with Gasteiger partial charge >= 0.3 is 5.63 Å². The smallest absolute Gasteiger partial charge is 0.344 e. The molecule has 2 aromatic heterocycles. The highest BCUT2D eigenvalue weighted by Gasteiger charge is 2.15. The summed E-state index contributed by atoms with van der Waals surface area (Å²) in [7, 11) is 0. The van der Waals surface area contributed by atoms with E-state index in [2.05, 4.69) is 26.2 Å². The highest BCUT2D eigenvalue weighted by Crippen LogP contribution is 2.33. The Morgan fingerprint density at radius 2 is 1.70 bits per heavy atom. The van der Waals surface area contributed by atoms with Crippen LogP contribution >= 0.6 is 27.5 Å². The van der Waals surface area contributed by atoms with E-state index >= 15 is 0 Å². The molecule has 1 N–H and O–H groups in total. The molecule has 0 spiro atoms. The Labute approximate surface area is 223 Å². The Kier molecular flexibility index (Phi) is 5.87. The van der Waals surface area contributed by atoms with E-state index in [1.165, 1.54) is 0 Å². The van der Waals surface area contributed by atoms with E-state index in [0.29, 0.717) is 55.5 Å². The maximum atomic E-state index is 13.1. The minimum absolute atomic E-state index is 0.329. The van der Waals surface area contributed by atoms with Crippen molar-refractivity contribution in [2.24, 2.45) is 0 Å². The van der Waals surface area contributed by atoms with E-state index in [1.54, 1.807) is 60.7 Å². The van der Waals surface area contributed by atoms with Crippen molar-refractivity contribution < 1.29 is 13.6 Å². The Morgan fingerprint density at radius 3 is 2.59 bits per heavy atom. The number of carbonyl (C=O) groups is 1. The molecule has 0 aliphatic rings. The summed E-state index contributed by atoms with van der Waals surface area (Å²) in [4.78, 5) is 30.2. The summed E-state index contributed by atoms with van der Waals surface area (Å²) >= 11 is 9.75. The van der Waals surface area contributed by atoms with Gasteiger partial charge in [-0.2, -0.15) is 0 Å². The number of rotatable bonds is 4. The number of oxazole rings is 1. The summed E-state index contributed by atoms with van der Waals surface area (Å²) in [6.45, 7) is 0. The molecular weight excluding hydrogens is 556 g/mol. The molecule has 0 atom stereocenters. The summed E-state index contributed by atoms with van der Waals surface area (Å²) in [6.07, 6.45) is 0. The van der Waals surface area contributed by atoms with Gasteiger partial charge < -0.3 is 14.2 Å². The quantitative estimate of drug-likeness (QED) is 0.217. The van der Waals surface area contributed by atoms with Gasteiger partial charge in [0, 0.05) is 21.1 Å². The van der Waals surface area contributed by atoms with Crippen molar-refractivity contribution in [2.75, 3.05) is 5.32 Å². The molecule has 8 heteroatoms. The highest BCUT2D eigenvalue weighted by molar-refractivity contribution is 9.10. The minimum Gasteiger partial charge on any atom is -0.436 e.